The Hall–Kier alpha value is -2.08. The lowest BCUT2D eigenvalue weighted by Gasteiger charge is -2.23. The molecule has 108 valence electrons. The highest BCUT2D eigenvalue weighted by Crippen LogP contribution is 2.27. The van der Waals surface area contributed by atoms with Gasteiger partial charge in [0, 0.05) is 11.4 Å². The molecule has 1 N–H and O–H groups in total. The van der Waals surface area contributed by atoms with Crippen LogP contribution in [0.5, 0.6) is 0 Å². The van der Waals surface area contributed by atoms with Crippen molar-refractivity contribution in [3.63, 3.8) is 0 Å². The molecule has 3 rings (SSSR count). The first kappa shape index (κ1) is 13.9. The van der Waals surface area contributed by atoms with Crippen molar-refractivity contribution in [2.24, 2.45) is 5.92 Å². The van der Waals surface area contributed by atoms with Crippen molar-refractivity contribution < 1.29 is 0 Å². The standard InChI is InChI=1S/C18H21N3/c1-13-7-3-2-4-9-16(13)20-18-11-14(12-19)15-8-5-6-10-17(15)21-18/h5-6,8,10-11,13,16H,2-4,7,9H2,1H3,(H,20,21). The van der Waals surface area contributed by atoms with Crippen LogP contribution in [0.15, 0.2) is 30.3 Å². The van der Waals surface area contributed by atoms with Crippen LogP contribution >= 0.6 is 0 Å². The first-order valence-electron chi connectivity index (χ1n) is 7.84. The van der Waals surface area contributed by atoms with Gasteiger partial charge in [-0.2, -0.15) is 5.26 Å². The number of benzene rings is 1. The van der Waals surface area contributed by atoms with Crippen molar-refractivity contribution in [1.82, 2.24) is 4.98 Å². The van der Waals surface area contributed by atoms with E-state index >= 15 is 0 Å². The second-order valence-corrected chi connectivity index (χ2v) is 6.05. The Balaban J connectivity index is 1.91. The van der Waals surface area contributed by atoms with Crippen molar-refractivity contribution in [2.45, 2.75) is 45.1 Å². The van der Waals surface area contributed by atoms with Gasteiger partial charge in [0.2, 0.25) is 0 Å². The van der Waals surface area contributed by atoms with E-state index in [2.05, 4.69) is 23.3 Å². The van der Waals surface area contributed by atoms with Crippen LogP contribution in [0.25, 0.3) is 10.9 Å². The summed E-state index contributed by atoms with van der Waals surface area (Å²) in [5.41, 5.74) is 1.59. The zero-order valence-corrected chi connectivity index (χ0v) is 12.5. The highest BCUT2D eigenvalue weighted by atomic mass is 15.0. The predicted octanol–water partition coefficient (Wildman–Crippen LogP) is 4.49. The minimum Gasteiger partial charge on any atom is -0.367 e. The van der Waals surface area contributed by atoms with Gasteiger partial charge in [0.15, 0.2) is 0 Å². The Morgan fingerprint density at radius 2 is 2.00 bits per heavy atom. The van der Waals surface area contributed by atoms with Crippen LogP contribution in [0, 0.1) is 17.2 Å². The van der Waals surface area contributed by atoms with E-state index in [4.69, 9.17) is 0 Å². The normalized spacial score (nSPS) is 22.5. The molecule has 0 aliphatic heterocycles. The quantitative estimate of drug-likeness (QED) is 0.824. The van der Waals surface area contributed by atoms with Crippen molar-refractivity contribution in [3.8, 4) is 6.07 Å². The molecule has 1 aliphatic carbocycles. The zero-order valence-electron chi connectivity index (χ0n) is 12.5. The van der Waals surface area contributed by atoms with Crippen LogP contribution in [0.1, 0.15) is 44.6 Å². The number of nitrogens with one attached hydrogen (secondary N) is 1. The van der Waals surface area contributed by atoms with E-state index in [9.17, 15) is 5.26 Å². The number of rotatable bonds is 2. The third kappa shape index (κ3) is 3.00. The maximum Gasteiger partial charge on any atom is 0.128 e. The number of hydrogen-bond acceptors (Lipinski definition) is 3. The largest absolute Gasteiger partial charge is 0.367 e. The van der Waals surface area contributed by atoms with Gasteiger partial charge in [0.1, 0.15) is 5.82 Å². The molecule has 0 spiro atoms. The molecule has 1 aliphatic rings. The molecule has 2 atom stereocenters. The summed E-state index contributed by atoms with van der Waals surface area (Å²) in [5, 5.41) is 13.9. The van der Waals surface area contributed by atoms with Crippen LogP contribution in [0.4, 0.5) is 5.82 Å². The molecule has 0 bridgehead atoms. The number of nitriles is 1. The van der Waals surface area contributed by atoms with Crippen molar-refractivity contribution in [2.75, 3.05) is 5.32 Å². The molecule has 2 unspecified atom stereocenters. The average Bonchev–Trinajstić information content (AvgIpc) is 2.71. The second kappa shape index (κ2) is 6.13. The highest BCUT2D eigenvalue weighted by Gasteiger charge is 2.20. The van der Waals surface area contributed by atoms with Gasteiger partial charge in [0.25, 0.3) is 0 Å². The molecule has 3 nitrogen and oxygen atoms in total. The Kier molecular flexibility index (Phi) is 4.06. The molecule has 0 saturated heterocycles. The summed E-state index contributed by atoms with van der Waals surface area (Å²) < 4.78 is 0. The lowest BCUT2D eigenvalue weighted by molar-refractivity contribution is 0.456. The summed E-state index contributed by atoms with van der Waals surface area (Å²) in [4.78, 5) is 4.68. The Bertz CT molecular complexity index is 672. The lowest BCUT2D eigenvalue weighted by atomic mass is 9.97. The number of anilines is 1. The molecule has 3 heteroatoms. The fraction of sp³-hybridized carbons (Fsp3) is 0.444. The van der Waals surface area contributed by atoms with E-state index in [0.717, 1.165) is 16.7 Å². The van der Waals surface area contributed by atoms with E-state index in [-0.39, 0.29) is 0 Å². The molecule has 1 fully saturated rings. The maximum atomic E-state index is 9.36. The van der Waals surface area contributed by atoms with Gasteiger partial charge >= 0.3 is 0 Å². The average molecular weight is 279 g/mol. The Morgan fingerprint density at radius 1 is 1.19 bits per heavy atom. The molecular weight excluding hydrogens is 258 g/mol. The summed E-state index contributed by atoms with van der Waals surface area (Å²) in [7, 11) is 0. The van der Waals surface area contributed by atoms with Crippen molar-refractivity contribution >= 4 is 16.7 Å². The molecule has 21 heavy (non-hydrogen) atoms. The molecule has 1 heterocycles. The molecular formula is C18H21N3. The molecule has 1 aromatic heterocycles. The van der Waals surface area contributed by atoms with E-state index in [1.165, 1.54) is 32.1 Å². The summed E-state index contributed by atoms with van der Waals surface area (Å²) >= 11 is 0. The van der Waals surface area contributed by atoms with Crippen molar-refractivity contribution in [3.05, 3.63) is 35.9 Å². The fourth-order valence-corrected chi connectivity index (χ4v) is 3.24. The Morgan fingerprint density at radius 3 is 2.86 bits per heavy atom. The second-order valence-electron chi connectivity index (χ2n) is 6.05. The summed E-state index contributed by atoms with van der Waals surface area (Å²) in [5.74, 6) is 1.50. The van der Waals surface area contributed by atoms with Crippen LogP contribution < -0.4 is 5.32 Å². The molecule has 1 aromatic carbocycles. The minimum absolute atomic E-state index is 0.465. The van der Waals surface area contributed by atoms with Crippen LogP contribution in [0.3, 0.4) is 0 Å². The van der Waals surface area contributed by atoms with Gasteiger partial charge in [-0.05, 0) is 30.9 Å². The predicted molar refractivity (Wildman–Crippen MR) is 86.1 cm³/mol. The highest BCUT2D eigenvalue weighted by molar-refractivity contribution is 5.86. The van der Waals surface area contributed by atoms with E-state index < -0.39 is 0 Å². The topological polar surface area (TPSA) is 48.7 Å². The molecule has 0 amide bonds. The van der Waals surface area contributed by atoms with Gasteiger partial charge in [-0.1, -0.05) is 44.4 Å². The molecule has 1 saturated carbocycles. The van der Waals surface area contributed by atoms with Gasteiger partial charge in [-0.3, -0.25) is 0 Å². The zero-order chi connectivity index (χ0) is 14.7. The van der Waals surface area contributed by atoms with Crippen molar-refractivity contribution in [1.29, 1.82) is 5.26 Å². The number of nitrogens with zero attached hydrogens (tertiary/aromatic N) is 2. The number of aromatic nitrogens is 1. The third-order valence-electron chi connectivity index (χ3n) is 4.53. The first-order chi connectivity index (χ1) is 10.3. The Labute approximate surface area is 126 Å². The summed E-state index contributed by atoms with van der Waals surface area (Å²) in [6, 6.07) is 12.5. The summed E-state index contributed by atoms with van der Waals surface area (Å²) in [6.07, 6.45) is 6.40. The fourth-order valence-electron chi connectivity index (χ4n) is 3.24. The van der Waals surface area contributed by atoms with Gasteiger partial charge in [0.05, 0.1) is 17.1 Å². The van der Waals surface area contributed by atoms with Crippen LogP contribution in [0.2, 0.25) is 0 Å². The lowest BCUT2D eigenvalue weighted by Crippen LogP contribution is -2.26. The maximum absolute atomic E-state index is 9.36. The first-order valence-corrected chi connectivity index (χ1v) is 7.84. The van der Waals surface area contributed by atoms with E-state index in [0.29, 0.717) is 17.5 Å². The number of para-hydroxylation sites is 1. The van der Waals surface area contributed by atoms with Gasteiger partial charge < -0.3 is 5.32 Å². The van der Waals surface area contributed by atoms with E-state index in [1.54, 1.807) is 0 Å². The van der Waals surface area contributed by atoms with E-state index in [1.807, 2.05) is 30.3 Å². The summed E-state index contributed by atoms with van der Waals surface area (Å²) in [6.45, 7) is 2.31. The third-order valence-corrected chi connectivity index (χ3v) is 4.53. The number of pyridine rings is 1. The van der Waals surface area contributed by atoms with Crippen LogP contribution in [-0.4, -0.2) is 11.0 Å². The van der Waals surface area contributed by atoms with Gasteiger partial charge in [-0.15, -0.1) is 0 Å². The molecule has 0 radical (unpaired) electrons. The minimum atomic E-state index is 0.465. The molecule has 2 aromatic rings. The number of fused-ring (bicyclic) bond motifs is 1. The smallest absolute Gasteiger partial charge is 0.128 e. The number of hydrogen-bond donors (Lipinski definition) is 1. The van der Waals surface area contributed by atoms with Gasteiger partial charge in [-0.25, -0.2) is 4.98 Å². The monoisotopic (exact) mass is 279 g/mol. The SMILES string of the molecule is CC1CCCCCC1Nc1cc(C#N)c2ccccc2n1. The van der Waals surface area contributed by atoms with Crippen LogP contribution in [-0.2, 0) is 0 Å².